The Morgan fingerprint density at radius 3 is 1.96 bits per heavy atom. The average Bonchev–Trinajstić information content (AvgIpc) is 2.70. The third-order valence-corrected chi connectivity index (χ3v) is 5.20. The van der Waals surface area contributed by atoms with Crippen LogP contribution in [0, 0.1) is 0 Å². The van der Waals surface area contributed by atoms with Crippen molar-refractivity contribution in [2.75, 3.05) is 19.0 Å². The Morgan fingerprint density at radius 1 is 0.963 bits per heavy atom. The number of benzene rings is 2. The van der Waals surface area contributed by atoms with Crippen molar-refractivity contribution in [2.45, 2.75) is 31.2 Å². The van der Waals surface area contributed by atoms with E-state index >= 15 is 0 Å². The van der Waals surface area contributed by atoms with Gasteiger partial charge in [-0.3, -0.25) is 9.59 Å². The second-order valence-corrected chi connectivity index (χ2v) is 7.24. The molecule has 3 rings (SSSR count). The summed E-state index contributed by atoms with van der Waals surface area (Å²) in [6.45, 7) is 1.31. The summed E-state index contributed by atoms with van der Waals surface area (Å²) in [6.07, 6.45) is 1.89. The maximum atomic E-state index is 13.4. The van der Waals surface area contributed by atoms with E-state index in [1.807, 2.05) is 65.6 Å². The lowest BCUT2D eigenvalue weighted by Gasteiger charge is -2.35. The fourth-order valence-electron chi connectivity index (χ4n) is 3.58. The first-order valence-corrected chi connectivity index (χ1v) is 9.96. The monoisotopic (exact) mass is 384 g/mol. The second-order valence-electron chi connectivity index (χ2n) is 6.86. The number of rotatable bonds is 6. The topological polar surface area (TPSA) is 49.4 Å². The van der Waals surface area contributed by atoms with Crippen molar-refractivity contribution in [1.29, 1.82) is 0 Å². The largest absolute Gasteiger partial charge is 0.353 e. The van der Waals surface area contributed by atoms with Crippen LogP contribution >= 0.6 is 11.6 Å². The van der Waals surface area contributed by atoms with Gasteiger partial charge in [-0.2, -0.15) is 0 Å². The van der Waals surface area contributed by atoms with Gasteiger partial charge >= 0.3 is 0 Å². The smallest absolute Gasteiger partial charge is 0.234 e. The molecule has 2 aromatic rings. The van der Waals surface area contributed by atoms with Gasteiger partial charge in [0.15, 0.2) is 0 Å². The zero-order valence-corrected chi connectivity index (χ0v) is 16.1. The van der Waals surface area contributed by atoms with Gasteiger partial charge < -0.3 is 10.2 Å². The van der Waals surface area contributed by atoms with Gasteiger partial charge in [0.2, 0.25) is 11.8 Å². The van der Waals surface area contributed by atoms with Crippen molar-refractivity contribution in [2.24, 2.45) is 0 Å². The zero-order chi connectivity index (χ0) is 19.1. The van der Waals surface area contributed by atoms with Crippen LogP contribution in [0.1, 0.15) is 36.3 Å². The van der Waals surface area contributed by atoms with E-state index in [4.69, 9.17) is 11.6 Å². The number of hydrogen-bond acceptors (Lipinski definition) is 2. The van der Waals surface area contributed by atoms with Crippen molar-refractivity contribution in [3.05, 3.63) is 71.8 Å². The highest BCUT2D eigenvalue weighted by molar-refractivity contribution is 6.18. The van der Waals surface area contributed by atoms with Crippen molar-refractivity contribution in [3.63, 3.8) is 0 Å². The number of halogens is 1. The SMILES string of the molecule is O=C(CCCl)NC1CCN(C(=O)C(c2ccccc2)c2ccccc2)CC1. The van der Waals surface area contributed by atoms with E-state index in [1.165, 1.54) is 0 Å². The highest BCUT2D eigenvalue weighted by atomic mass is 35.5. The van der Waals surface area contributed by atoms with Crippen LogP contribution in [0.2, 0.25) is 0 Å². The van der Waals surface area contributed by atoms with Crippen molar-refractivity contribution in [1.82, 2.24) is 10.2 Å². The summed E-state index contributed by atoms with van der Waals surface area (Å²) >= 11 is 5.62. The fraction of sp³-hybridized carbons (Fsp3) is 0.364. The molecule has 1 N–H and O–H groups in total. The first-order valence-electron chi connectivity index (χ1n) is 9.43. The molecule has 1 aliphatic rings. The molecule has 2 amide bonds. The Morgan fingerprint density at radius 2 is 1.48 bits per heavy atom. The molecule has 1 aliphatic heterocycles. The minimum atomic E-state index is -0.296. The number of alkyl halides is 1. The third kappa shape index (κ3) is 5.10. The number of carbonyl (C=O) groups is 2. The number of likely N-dealkylation sites (tertiary alicyclic amines) is 1. The van der Waals surface area contributed by atoms with E-state index in [0.717, 1.165) is 24.0 Å². The van der Waals surface area contributed by atoms with Crippen LogP contribution in [0.3, 0.4) is 0 Å². The molecule has 0 atom stereocenters. The Bertz CT molecular complexity index is 704. The lowest BCUT2D eigenvalue weighted by Crippen LogP contribution is -2.47. The van der Waals surface area contributed by atoms with Gasteiger partial charge in [-0.05, 0) is 24.0 Å². The Labute approximate surface area is 165 Å². The maximum absolute atomic E-state index is 13.4. The van der Waals surface area contributed by atoms with Crippen LogP contribution in [0.4, 0.5) is 0 Å². The van der Waals surface area contributed by atoms with E-state index in [0.29, 0.717) is 25.4 Å². The molecule has 142 valence electrons. The van der Waals surface area contributed by atoms with Crippen molar-refractivity contribution < 1.29 is 9.59 Å². The van der Waals surface area contributed by atoms with Crippen LogP contribution < -0.4 is 5.32 Å². The van der Waals surface area contributed by atoms with Crippen molar-refractivity contribution >= 4 is 23.4 Å². The molecule has 0 aliphatic carbocycles. The van der Waals surface area contributed by atoms with Crippen LogP contribution in [0.5, 0.6) is 0 Å². The highest BCUT2D eigenvalue weighted by Crippen LogP contribution is 2.28. The molecule has 1 fully saturated rings. The maximum Gasteiger partial charge on any atom is 0.234 e. The molecular formula is C22H25ClN2O2. The first-order chi connectivity index (χ1) is 13.2. The van der Waals surface area contributed by atoms with Crippen LogP contribution in [-0.2, 0) is 9.59 Å². The molecule has 5 heteroatoms. The van der Waals surface area contributed by atoms with E-state index in [-0.39, 0.29) is 23.8 Å². The number of piperidine rings is 1. The van der Waals surface area contributed by atoms with Crippen molar-refractivity contribution in [3.8, 4) is 0 Å². The molecule has 0 radical (unpaired) electrons. The Balaban J connectivity index is 1.70. The van der Waals surface area contributed by atoms with E-state index in [9.17, 15) is 9.59 Å². The van der Waals surface area contributed by atoms with Gasteiger partial charge in [-0.1, -0.05) is 60.7 Å². The molecule has 1 saturated heterocycles. The minimum Gasteiger partial charge on any atom is -0.353 e. The fourth-order valence-corrected chi connectivity index (χ4v) is 3.75. The summed E-state index contributed by atoms with van der Waals surface area (Å²) in [5.41, 5.74) is 2.01. The molecule has 1 heterocycles. The van der Waals surface area contributed by atoms with Gasteiger partial charge in [0.1, 0.15) is 0 Å². The Kier molecular flexibility index (Phi) is 6.88. The van der Waals surface area contributed by atoms with Gasteiger partial charge in [-0.25, -0.2) is 0 Å². The van der Waals surface area contributed by atoms with Crippen LogP contribution in [0.25, 0.3) is 0 Å². The first kappa shape index (κ1) is 19.4. The number of nitrogens with one attached hydrogen (secondary N) is 1. The summed E-state index contributed by atoms with van der Waals surface area (Å²) < 4.78 is 0. The van der Waals surface area contributed by atoms with Crippen LogP contribution in [-0.4, -0.2) is 41.7 Å². The number of nitrogens with zero attached hydrogens (tertiary/aromatic N) is 1. The van der Waals surface area contributed by atoms with E-state index in [2.05, 4.69) is 5.32 Å². The van der Waals surface area contributed by atoms with Gasteiger partial charge in [0, 0.05) is 31.4 Å². The molecule has 0 saturated carbocycles. The normalized spacial score (nSPS) is 15.0. The van der Waals surface area contributed by atoms with Gasteiger partial charge in [0.05, 0.1) is 5.92 Å². The predicted octanol–water partition coefficient (Wildman–Crippen LogP) is 3.55. The highest BCUT2D eigenvalue weighted by Gasteiger charge is 2.30. The molecular weight excluding hydrogens is 360 g/mol. The van der Waals surface area contributed by atoms with E-state index in [1.54, 1.807) is 0 Å². The quantitative estimate of drug-likeness (QED) is 0.774. The summed E-state index contributed by atoms with van der Waals surface area (Å²) in [7, 11) is 0. The number of carbonyl (C=O) groups excluding carboxylic acids is 2. The third-order valence-electron chi connectivity index (χ3n) is 5.01. The minimum absolute atomic E-state index is 0.0128. The van der Waals surface area contributed by atoms with Gasteiger partial charge in [0.25, 0.3) is 0 Å². The molecule has 27 heavy (non-hydrogen) atoms. The Hall–Kier alpha value is -2.33. The predicted molar refractivity (Wildman–Crippen MR) is 108 cm³/mol. The molecule has 0 aromatic heterocycles. The molecule has 0 unspecified atom stereocenters. The summed E-state index contributed by atoms with van der Waals surface area (Å²) in [5, 5.41) is 3.01. The summed E-state index contributed by atoms with van der Waals surface area (Å²) in [6, 6.07) is 20.0. The molecule has 0 spiro atoms. The zero-order valence-electron chi connectivity index (χ0n) is 15.3. The van der Waals surface area contributed by atoms with E-state index < -0.39 is 0 Å². The molecule has 4 nitrogen and oxygen atoms in total. The second kappa shape index (κ2) is 9.56. The number of amides is 2. The summed E-state index contributed by atoms with van der Waals surface area (Å²) in [4.78, 5) is 27.0. The standard InChI is InChI=1S/C22H25ClN2O2/c23-14-11-20(26)24-19-12-15-25(16-13-19)22(27)21(17-7-3-1-4-8-17)18-9-5-2-6-10-18/h1-10,19,21H,11-16H2,(H,24,26). The van der Waals surface area contributed by atoms with Gasteiger partial charge in [-0.15, -0.1) is 11.6 Å². The lowest BCUT2D eigenvalue weighted by atomic mass is 9.89. The summed E-state index contributed by atoms with van der Waals surface area (Å²) in [5.74, 6) is 0.146. The lowest BCUT2D eigenvalue weighted by molar-refractivity contribution is -0.133. The number of hydrogen-bond donors (Lipinski definition) is 1. The average molecular weight is 385 g/mol. The molecule has 0 bridgehead atoms. The van der Waals surface area contributed by atoms with Crippen LogP contribution in [0.15, 0.2) is 60.7 Å². The molecule has 2 aromatic carbocycles.